The summed E-state index contributed by atoms with van der Waals surface area (Å²) >= 11 is 5.40. The molecule has 0 atom stereocenters. The number of alkyl halides is 2. The van der Waals surface area contributed by atoms with Crippen molar-refractivity contribution in [3.8, 4) is 0 Å². The van der Waals surface area contributed by atoms with Gasteiger partial charge in [-0.2, -0.15) is 0 Å². The van der Waals surface area contributed by atoms with Crippen LogP contribution in [-0.4, -0.2) is 38.0 Å². The predicted octanol–water partition coefficient (Wildman–Crippen LogP) is 3.44. The van der Waals surface area contributed by atoms with E-state index in [1.165, 1.54) is 25.7 Å². The van der Waals surface area contributed by atoms with E-state index in [2.05, 4.69) is 32.1 Å². The van der Waals surface area contributed by atoms with Crippen LogP contribution in [-0.2, 0) is 4.74 Å². The van der Waals surface area contributed by atoms with Crippen LogP contribution in [0.25, 0.3) is 0 Å². The molecule has 0 aromatic rings. The van der Waals surface area contributed by atoms with Crippen molar-refractivity contribution < 1.29 is 46.6 Å². The zero-order chi connectivity index (χ0) is 19.9. The minimum Gasteiger partial charge on any atom is -1.00 e. The second-order valence-corrected chi connectivity index (χ2v) is 6.48. The molecule has 2 nitrogen and oxygen atoms in total. The molecule has 0 spiro atoms. The standard InChI is InChI=1S/C10H18O.C6H12O.C4H7Cl.CH3F.Na.H/c1-2-3-4-5-8-11-9-10-6-7-10;1-2-3-4-5-6-7;5-3-4-1-2-4;1-2;;/h3-4,10H,2,5-9H2,1H3;3-4,7H,2,5-6H2,1H3;4H,1-3H2;1H3;;/q;;;;+1;-1/b2*4-3-;;;;/i;;;1D;;. The van der Waals surface area contributed by atoms with Crippen molar-refractivity contribution in [1.82, 2.24) is 0 Å². The Morgan fingerprint density at radius 2 is 1.58 bits per heavy atom. The minimum atomic E-state index is -1.00. The van der Waals surface area contributed by atoms with E-state index >= 15 is 0 Å². The first-order valence-corrected chi connectivity index (χ1v) is 10.1. The number of aliphatic hydroxyl groups excluding tert-OH is 1. The molecule has 0 bridgehead atoms. The van der Waals surface area contributed by atoms with E-state index in [1.54, 1.807) is 0 Å². The Morgan fingerprint density at radius 1 is 1.08 bits per heavy atom. The summed E-state index contributed by atoms with van der Waals surface area (Å²) in [7, 11) is -1.00. The van der Waals surface area contributed by atoms with E-state index in [-0.39, 0.29) is 37.6 Å². The first-order chi connectivity index (χ1) is 12.7. The van der Waals surface area contributed by atoms with E-state index in [9.17, 15) is 4.39 Å². The monoisotopic (exact) mass is 403 g/mol. The second kappa shape index (κ2) is 27.8. The maximum atomic E-state index is 9.96. The van der Waals surface area contributed by atoms with Gasteiger partial charge in [0.25, 0.3) is 0 Å². The molecule has 2 fully saturated rings. The summed E-state index contributed by atoms with van der Waals surface area (Å²) < 4.78 is 21.0. The maximum Gasteiger partial charge on any atom is 1.00 e. The zero-order valence-electron chi connectivity index (χ0n) is 19.3. The van der Waals surface area contributed by atoms with Gasteiger partial charge in [0.2, 0.25) is 0 Å². The topological polar surface area (TPSA) is 29.5 Å². The minimum absolute atomic E-state index is 0. The summed E-state index contributed by atoms with van der Waals surface area (Å²) in [6.45, 7) is 6.42. The van der Waals surface area contributed by atoms with Crippen molar-refractivity contribution in [2.45, 2.75) is 65.2 Å². The van der Waals surface area contributed by atoms with E-state index in [0.717, 1.165) is 56.6 Å². The average molecular weight is 404 g/mol. The summed E-state index contributed by atoms with van der Waals surface area (Å²) in [4.78, 5) is 0. The zero-order valence-corrected chi connectivity index (χ0v) is 20.0. The van der Waals surface area contributed by atoms with E-state index in [4.69, 9.17) is 22.8 Å². The third kappa shape index (κ3) is 32.3. The van der Waals surface area contributed by atoms with Crippen molar-refractivity contribution in [2.24, 2.45) is 11.8 Å². The molecule has 0 radical (unpaired) electrons. The summed E-state index contributed by atoms with van der Waals surface area (Å²) in [6.07, 6.45) is 18.1. The van der Waals surface area contributed by atoms with Crippen LogP contribution in [0.5, 0.6) is 0 Å². The van der Waals surface area contributed by atoms with Crippen LogP contribution in [0.15, 0.2) is 24.3 Å². The van der Waals surface area contributed by atoms with Gasteiger partial charge in [-0.15, -0.1) is 11.6 Å². The SMILES string of the molecule is CC/C=C\CCO.CC/C=C\CCOCC1CC1.ClCC1CC1.[2H]CF.[H-].[Na+]. The molecule has 2 aliphatic rings. The molecule has 0 aliphatic heterocycles. The van der Waals surface area contributed by atoms with Gasteiger partial charge in [0.1, 0.15) is 0 Å². The van der Waals surface area contributed by atoms with E-state index in [0.29, 0.717) is 0 Å². The molecular formula is C21H41ClFNaO2. The van der Waals surface area contributed by atoms with Crippen LogP contribution in [0, 0.1) is 11.8 Å². The fourth-order valence-electron chi connectivity index (χ4n) is 1.60. The van der Waals surface area contributed by atoms with Gasteiger partial charge in [-0.1, -0.05) is 38.2 Å². The van der Waals surface area contributed by atoms with Crippen molar-refractivity contribution in [1.29, 1.82) is 0 Å². The van der Waals surface area contributed by atoms with Crippen LogP contribution < -0.4 is 29.6 Å². The fraction of sp³-hybridized carbons (Fsp3) is 0.810. The molecule has 0 saturated heterocycles. The molecule has 2 saturated carbocycles. The Morgan fingerprint density at radius 3 is 1.92 bits per heavy atom. The number of hydrogen-bond donors (Lipinski definition) is 1. The van der Waals surface area contributed by atoms with E-state index < -0.39 is 7.15 Å². The molecule has 0 unspecified atom stereocenters. The van der Waals surface area contributed by atoms with Crippen molar-refractivity contribution in [3.05, 3.63) is 24.3 Å². The third-order valence-electron chi connectivity index (χ3n) is 3.49. The summed E-state index contributed by atoms with van der Waals surface area (Å²) in [5.41, 5.74) is 0. The second-order valence-electron chi connectivity index (χ2n) is 6.18. The van der Waals surface area contributed by atoms with Gasteiger partial charge >= 0.3 is 29.6 Å². The average Bonchev–Trinajstić information content (AvgIpc) is 3.54. The van der Waals surface area contributed by atoms with Gasteiger partial charge in [0.05, 0.1) is 15.1 Å². The number of aliphatic hydroxyl groups is 1. The summed E-state index contributed by atoms with van der Waals surface area (Å²) in [6, 6.07) is 0. The smallest absolute Gasteiger partial charge is 1.00 e. The normalized spacial score (nSPS) is 15.7. The molecule has 2 aliphatic carbocycles. The molecule has 0 aromatic carbocycles. The van der Waals surface area contributed by atoms with Crippen LogP contribution in [0.4, 0.5) is 4.39 Å². The first-order valence-electron chi connectivity index (χ1n) is 10.3. The number of rotatable bonds is 10. The Bertz CT molecular complexity index is 317. The number of allylic oxidation sites excluding steroid dienone is 2. The quantitative estimate of drug-likeness (QED) is 0.262. The Labute approximate surface area is 191 Å². The molecule has 0 aromatic heterocycles. The summed E-state index contributed by atoms with van der Waals surface area (Å²) in [5, 5.41) is 8.24. The van der Waals surface area contributed by atoms with Crippen LogP contribution in [0.2, 0.25) is 0 Å². The molecule has 0 amide bonds. The molecule has 26 heavy (non-hydrogen) atoms. The van der Waals surface area contributed by atoms with E-state index in [1.807, 2.05) is 6.08 Å². The van der Waals surface area contributed by atoms with Gasteiger partial charge in [0, 0.05) is 19.1 Å². The van der Waals surface area contributed by atoms with Crippen LogP contribution >= 0.6 is 11.6 Å². The Hall–Kier alpha value is 0.620. The molecular weight excluding hydrogens is 362 g/mol. The molecule has 5 heteroatoms. The third-order valence-corrected chi connectivity index (χ3v) is 3.93. The predicted molar refractivity (Wildman–Crippen MR) is 110 cm³/mol. The van der Waals surface area contributed by atoms with Crippen LogP contribution in [0.1, 0.15) is 68.0 Å². The number of halogens is 2. The van der Waals surface area contributed by atoms with Crippen molar-refractivity contribution in [2.75, 3.05) is 32.9 Å². The van der Waals surface area contributed by atoms with Crippen molar-refractivity contribution >= 4 is 11.6 Å². The maximum absolute atomic E-state index is 9.96. The Kier molecular flexibility index (Phi) is 30.9. The molecule has 2 rings (SSSR count). The van der Waals surface area contributed by atoms with Gasteiger partial charge in [-0.25, -0.2) is 0 Å². The fourth-order valence-corrected chi connectivity index (χ4v) is 1.91. The van der Waals surface area contributed by atoms with Gasteiger partial charge < -0.3 is 11.3 Å². The van der Waals surface area contributed by atoms with Crippen LogP contribution in [0.3, 0.4) is 0 Å². The molecule has 152 valence electrons. The number of hydrogen-bond acceptors (Lipinski definition) is 2. The molecule has 0 heterocycles. The Balaban J connectivity index is -0.000000148. The van der Waals surface area contributed by atoms with Gasteiger partial charge in [-0.3, -0.25) is 4.39 Å². The van der Waals surface area contributed by atoms with Gasteiger partial charge in [0.15, 0.2) is 0 Å². The molecule has 1 N–H and O–H groups in total. The largest absolute Gasteiger partial charge is 1.00 e. The summed E-state index contributed by atoms with van der Waals surface area (Å²) in [5.74, 6) is 2.70. The first kappa shape index (κ1) is 28.8. The van der Waals surface area contributed by atoms with Crippen molar-refractivity contribution in [3.63, 3.8) is 0 Å². The van der Waals surface area contributed by atoms with Gasteiger partial charge in [-0.05, 0) is 63.2 Å². The number of ether oxygens (including phenoxy) is 1.